The SMILES string of the molecule is O=C(O)CO/N=C/c1cc(O)cc(F)c1. The highest BCUT2D eigenvalue weighted by Crippen LogP contribution is 2.12. The van der Waals surface area contributed by atoms with E-state index in [9.17, 15) is 9.18 Å². The van der Waals surface area contributed by atoms with Crippen LogP contribution in [0.15, 0.2) is 23.4 Å². The second-order valence-electron chi connectivity index (χ2n) is 2.64. The quantitative estimate of drug-likeness (QED) is 0.576. The molecule has 0 aromatic heterocycles. The van der Waals surface area contributed by atoms with Crippen molar-refractivity contribution in [2.45, 2.75) is 0 Å². The van der Waals surface area contributed by atoms with Gasteiger partial charge in [0.2, 0.25) is 6.61 Å². The topological polar surface area (TPSA) is 79.1 Å². The number of phenolic OH excluding ortho intramolecular Hbond substituents is 1. The Kier molecular flexibility index (Phi) is 3.61. The highest BCUT2D eigenvalue weighted by atomic mass is 19.1. The van der Waals surface area contributed by atoms with E-state index in [1.165, 1.54) is 6.07 Å². The van der Waals surface area contributed by atoms with Crippen molar-refractivity contribution in [1.82, 2.24) is 0 Å². The fraction of sp³-hybridized carbons (Fsp3) is 0.111. The third-order valence-corrected chi connectivity index (χ3v) is 1.37. The molecule has 0 heterocycles. The van der Waals surface area contributed by atoms with E-state index >= 15 is 0 Å². The Bertz CT molecular complexity index is 371. The standard InChI is InChI=1S/C9H8FNO4/c10-7-1-6(2-8(12)3-7)4-11-15-5-9(13)14/h1-4,12H,5H2,(H,13,14)/b11-4+. The van der Waals surface area contributed by atoms with Crippen molar-refractivity contribution in [3.8, 4) is 5.75 Å². The zero-order valence-electron chi connectivity index (χ0n) is 7.55. The number of carboxylic acid groups (broad SMARTS) is 1. The first-order valence-corrected chi connectivity index (χ1v) is 3.94. The normalized spacial score (nSPS) is 10.5. The summed E-state index contributed by atoms with van der Waals surface area (Å²) in [5.74, 6) is -2.02. The lowest BCUT2D eigenvalue weighted by atomic mass is 10.2. The van der Waals surface area contributed by atoms with Gasteiger partial charge >= 0.3 is 5.97 Å². The molecular formula is C9H8FNO4. The minimum atomic E-state index is -1.16. The number of carbonyl (C=O) groups is 1. The fourth-order valence-electron chi connectivity index (χ4n) is 0.861. The molecule has 5 nitrogen and oxygen atoms in total. The molecule has 1 aromatic carbocycles. The molecule has 0 fully saturated rings. The maximum Gasteiger partial charge on any atom is 0.344 e. The number of carboxylic acids is 1. The molecule has 0 bridgehead atoms. The van der Waals surface area contributed by atoms with Crippen molar-refractivity contribution in [2.24, 2.45) is 5.16 Å². The number of benzene rings is 1. The van der Waals surface area contributed by atoms with Crippen molar-refractivity contribution in [3.63, 3.8) is 0 Å². The molecule has 0 aliphatic rings. The predicted molar refractivity (Wildman–Crippen MR) is 49.2 cm³/mol. The third-order valence-electron chi connectivity index (χ3n) is 1.37. The van der Waals surface area contributed by atoms with E-state index in [0.29, 0.717) is 0 Å². The third kappa shape index (κ3) is 4.08. The van der Waals surface area contributed by atoms with Gasteiger partial charge in [0.25, 0.3) is 0 Å². The molecule has 0 spiro atoms. The van der Waals surface area contributed by atoms with E-state index in [-0.39, 0.29) is 11.3 Å². The lowest BCUT2D eigenvalue weighted by molar-refractivity contribution is -0.142. The molecule has 2 N–H and O–H groups in total. The molecule has 0 radical (unpaired) electrons. The molecule has 0 atom stereocenters. The van der Waals surface area contributed by atoms with Crippen LogP contribution in [0, 0.1) is 5.82 Å². The number of phenols is 1. The first-order valence-electron chi connectivity index (χ1n) is 3.94. The predicted octanol–water partition coefficient (Wildman–Crippen LogP) is 0.966. The molecule has 0 amide bonds. The molecule has 0 unspecified atom stereocenters. The van der Waals surface area contributed by atoms with Crippen molar-refractivity contribution in [1.29, 1.82) is 0 Å². The van der Waals surface area contributed by atoms with Gasteiger partial charge in [0.05, 0.1) is 6.21 Å². The van der Waals surface area contributed by atoms with Gasteiger partial charge < -0.3 is 15.1 Å². The number of rotatable bonds is 4. The smallest absolute Gasteiger partial charge is 0.344 e. The zero-order chi connectivity index (χ0) is 11.3. The average molecular weight is 213 g/mol. The molecule has 0 saturated heterocycles. The second kappa shape index (κ2) is 4.94. The van der Waals surface area contributed by atoms with E-state index in [0.717, 1.165) is 18.3 Å². The number of aromatic hydroxyl groups is 1. The number of halogens is 1. The highest BCUT2D eigenvalue weighted by Gasteiger charge is 1.98. The monoisotopic (exact) mass is 213 g/mol. The van der Waals surface area contributed by atoms with Crippen molar-refractivity contribution < 1.29 is 24.2 Å². The van der Waals surface area contributed by atoms with Gasteiger partial charge in [0.15, 0.2) is 0 Å². The Balaban J connectivity index is 2.60. The maximum atomic E-state index is 12.7. The van der Waals surface area contributed by atoms with Crippen LogP contribution in [-0.2, 0) is 9.63 Å². The molecule has 0 saturated carbocycles. The molecule has 1 rings (SSSR count). The number of hydrogen-bond acceptors (Lipinski definition) is 4. The van der Waals surface area contributed by atoms with Crippen LogP contribution in [0.1, 0.15) is 5.56 Å². The molecule has 15 heavy (non-hydrogen) atoms. The summed E-state index contributed by atoms with van der Waals surface area (Å²) in [6.07, 6.45) is 1.10. The van der Waals surface area contributed by atoms with Crippen molar-refractivity contribution >= 4 is 12.2 Å². The minimum absolute atomic E-state index is 0.241. The van der Waals surface area contributed by atoms with Gasteiger partial charge in [-0.05, 0) is 12.1 Å². The van der Waals surface area contributed by atoms with Crippen LogP contribution in [0.25, 0.3) is 0 Å². The number of aliphatic carboxylic acids is 1. The summed E-state index contributed by atoms with van der Waals surface area (Å²) in [5.41, 5.74) is 0.276. The van der Waals surface area contributed by atoms with Crippen LogP contribution >= 0.6 is 0 Å². The fourth-order valence-corrected chi connectivity index (χ4v) is 0.861. The lowest BCUT2D eigenvalue weighted by Crippen LogP contribution is -2.03. The van der Waals surface area contributed by atoms with Gasteiger partial charge in [-0.3, -0.25) is 0 Å². The van der Waals surface area contributed by atoms with E-state index in [4.69, 9.17) is 10.2 Å². The molecule has 1 aromatic rings. The van der Waals surface area contributed by atoms with Crippen LogP contribution in [0.4, 0.5) is 4.39 Å². The summed E-state index contributed by atoms with van der Waals surface area (Å²) in [6, 6.07) is 3.32. The summed E-state index contributed by atoms with van der Waals surface area (Å²) in [6.45, 7) is -0.572. The highest BCUT2D eigenvalue weighted by molar-refractivity contribution is 5.79. The summed E-state index contributed by atoms with van der Waals surface area (Å²) >= 11 is 0. The van der Waals surface area contributed by atoms with E-state index in [1.807, 2.05) is 0 Å². The van der Waals surface area contributed by atoms with Crippen LogP contribution in [-0.4, -0.2) is 29.0 Å². The maximum absolute atomic E-state index is 12.7. The minimum Gasteiger partial charge on any atom is -0.508 e. The van der Waals surface area contributed by atoms with Gasteiger partial charge in [-0.1, -0.05) is 5.16 Å². The van der Waals surface area contributed by atoms with Crippen molar-refractivity contribution in [3.05, 3.63) is 29.6 Å². The summed E-state index contributed by atoms with van der Waals surface area (Å²) in [4.78, 5) is 14.4. The molecule has 0 aliphatic carbocycles. The van der Waals surface area contributed by atoms with Crippen LogP contribution in [0.5, 0.6) is 5.75 Å². The summed E-state index contributed by atoms with van der Waals surface area (Å²) in [7, 11) is 0. The van der Waals surface area contributed by atoms with E-state index < -0.39 is 18.4 Å². The van der Waals surface area contributed by atoms with Gasteiger partial charge in [-0.25, -0.2) is 9.18 Å². The average Bonchev–Trinajstić information content (AvgIpc) is 2.10. The van der Waals surface area contributed by atoms with Gasteiger partial charge in [-0.15, -0.1) is 0 Å². The molecule has 80 valence electrons. The Labute approximate surface area is 84.4 Å². The largest absolute Gasteiger partial charge is 0.508 e. The van der Waals surface area contributed by atoms with Gasteiger partial charge in [0.1, 0.15) is 11.6 Å². The van der Waals surface area contributed by atoms with E-state index in [2.05, 4.69) is 9.99 Å². The number of hydrogen-bond donors (Lipinski definition) is 2. The zero-order valence-corrected chi connectivity index (χ0v) is 7.55. The van der Waals surface area contributed by atoms with Crippen LogP contribution in [0.3, 0.4) is 0 Å². The Morgan fingerprint density at radius 1 is 1.53 bits per heavy atom. The molecular weight excluding hydrogens is 205 g/mol. The Morgan fingerprint density at radius 2 is 2.27 bits per heavy atom. The number of oxime groups is 1. The van der Waals surface area contributed by atoms with Gasteiger partial charge in [-0.2, -0.15) is 0 Å². The van der Waals surface area contributed by atoms with Crippen molar-refractivity contribution in [2.75, 3.05) is 6.61 Å². The number of nitrogens with zero attached hydrogens (tertiary/aromatic N) is 1. The Hall–Kier alpha value is -2.11. The Morgan fingerprint density at radius 3 is 2.87 bits per heavy atom. The van der Waals surface area contributed by atoms with Crippen LogP contribution in [0.2, 0.25) is 0 Å². The second-order valence-corrected chi connectivity index (χ2v) is 2.64. The molecule has 6 heteroatoms. The van der Waals surface area contributed by atoms with E-state index in [1.54, 1.807) is 0 Å². The first-order chi connectivity index (χ1) is 7.08. The molecule has 0 aliphatic heterocycles. The summed E-state index contributed by atoms with van der Waals surface area (Å²) in [5, 5.41) is 20.5. The summed E-state index contributed by atoms with van der Waals surface area (Å²) < 4.78 is 12.7. The first kappa shape index (κ1) is 11.0. The lowest BCUT2D eigenvalue weighted by Gasteiger charge is -1.96. The van der Waals surface area contributed by atoms with Gasteiger partial charge in [0, 0.05) is 11.6 Å². The van der Waals surface area contributed by atoms with Crippen LogP contribution < -0.4 is 0 Å².